The summed E-state index contributed by atoms with van der Waals surface area (Å²) < 4.78 is 11.4. The number of hydrogen-bond donors (Lipinski definition) is 0. The summed E-state index contributed by atoms with van der Waals surface area (Å²) in [5.41, 5.74) is -0.752. The van der Waals surface area contributed by atoms with Gasteiger partial charge in [0, 0.05) is 32.3 Å². The smallest absolute Gasteiger partial charge is 0.254 e. The van der Waals surface area contributed by atoms with Crippen LogP contribution in [0.15, 0.2) is 24.5 Å². The van der Waals surface area contributed by atoms with E-state index in [2.05, 4.69) is 4.98 Å². The van der Waals surface area contributed by atoms with Crippen molar-refractivity contribution >= 4 is 5.91 Å². The van der Waals surface area contributed by atoms with Crippen molar-refractivity contribution in [3.63, 3.8) is 0 Å². The van der Waals surface area contributed by atoms with Crippen LogP contribution < -0.4 is 4.74 Å². The van der Waals surface area contributed by atoms with Gasteiger partial charge in [-0.1, -0.05) is 0 Å². The zero-order valence-corrected chi connectivity index (χ0v) is 13.5. The Morgan fingerprint density at radius 2 is 2.18 bits per heavy atom. The summed E-state index contributed by atoms with van der Waals surface area (Å²) >= 11 is 0. The van der Waals surface area contributed by atoms with Gasteiger partial charge in [-0.3, -0.25) is 9.78 Å². The van der Waals surface area contributed by atoms with E-state index in [1.807, 2.05) is 30.9 Å². The molecule has 0 N–H and O–H groups in total. The molecule has 1 aliphatic carbocycles. The molecular formula is C17H24N2O3. The summed E-state index contributed by atoms with van der Waals surface area (Å²) in [6.07, 6.45) is 5.84. The Balaban J connectivity index is 1.65. The number of hydrogen-bond acceptors (Lipinski definition) is 4. The highest BCUT2D eigenvalue weighted by molar-refractivity contribution is 5.84. The molecule has 0 bridgehead atoms. The summed E-state index contributed by atoms with van der Waals surface area (Å²) in [6.45, 7) is 5.24. The van der Waals surface area contributed by atoms with E-state index in [4.69, 9.17) is 9.47 Å². The first-order valence-electron chi connectivity index (χ1n) is 7.92. The Morgan fingerprint density at radius 3 is 2.86 bits per heavy atom. The van der Waals surface area contributed by atoms with Crippen LogP contribution in [0.4, 0.5) is 0 Å². The van der Waals surface area contributed by atoms with Gasteiger partial charge in [-0.05, 0) is 44.7 Å². The number of likely N-dealkylation sites (tertiary alicyclic amines) is 1. The topological polar surface area (TPSA) is 51.7 Å². The third kappa shape index (κ3) is 2.82. The number of nitrogens with zero attached hydrogens (tertiary/aromatic N) is 2. The lowest BCUT2D eigenvalue weighted by Gasteiger charge is -2.29. The molecule has 1 aromatic rings. The van der Waals surface area contributed by atoms with Crippen molar-refractivity contribution in [2.75, 3.05) is 20.2 Å². The van der Waals surface area contributed by atoms with E-state index in [0.717, 1.165) is 31.7 Å². The molecule has 1 saturated heterocycles. The molecule has 120 valence electrons. The molecule has 1 amide bonds. The van der Waals surface area contributed by atoms with Crippen molar-refractivity contribution in [3.05, 3.63) is 24.5 Å². The zero-order valence-electron chi connectivity index (χ0n) is 13.5. The summed E-state index contributed by atoms with van der Waals surface area (Å²) in [6, 6.07) is 3.82. The molecule has 5 heteroatoms. The third-order valence-corrected chi connectivity index (χ3v) is 5.03. The second kappa shape index (κ2) is 5.88. The van der Waals surface area contributed by atoms with Crippen molar-refractivity contribution in [1.29, 1.82) is 0 Å². The zero-order chi connectivity index (χ0) is 15.7. The minimum Gasteiger partial charge on any atom is -0.488 e. The predicted octanol–water partition coefficient (Wildman–Crippen LogP) is 2.12. The summed E-state index contributed by atoms with van der Waals surface area (Å²) in [7, 11) is 1.59. The summed E-state index contributed by atoms with van der Waals surface area (Å²) in [5.74, 6) is 1.84. The average Bonchev–Trinajstić information content (AvgIpc) is 3.09. The minimum absolute atomic E-state index is 0.0736. The van der Waals surface area contributed by atoms with Gasteiger partial charge in [0.05, 0.1) is 6.20 Å². The van der Waals surface area contributed by atoms with Crippen LogP contribution in [-0.2, 0) is 9.53 Å². The number of amides is 1. The van der Waals surface area contributed by atoms with Crippen molar-refractivity contribution in [1.82, 2.24) is 9.88 Å². The summed E-state index contributed by atoms with van der Waals surface area (Å²) in [5, 5.41) is 0. The van der Waals surface area contributed by atoms with E-state index in [9.17, 15) is 4.79 Å². The van der Waals surface area contributed by atoms with E-state index >= 15 is 0 Å². The average molecular weight is 304 g/mol. The molecular weight excluding hydrogens is 280 g/mol. The van der Waals surface area contributed by atoms with Crippen LogP contribution in [0.25, 0.3) is 0 Å². The lowest BCUT2D eigenvalue weighted by atomic mass is 9.99. The number of fused-ring (bicyclic) bond motifs is 1. The molecule has 1 aromatic heterocycles. The van der Waals surface area contributed by atoms with Crippen LogP contribution in [0.5, 0.6) is 5.75 Å². The number of rotatable bonds is 4. The molecule has 0 spiro atoms. The van der Waals surface area contributed by atoms with Gasteiger partial charge in [0.25, 0.3) is 5.91 Å². The Bertz CT molecular complexity index is 532. The Hall–Kier alpha value is -1.62. The van der Waals surface area contributed by atoms with Gasteiger partial charge in [-0.15, -0.1) is 0 Å². The maximum absolute atomic E-state index is 12.5. The maximum atomic E-state index is 12.5. The first-order chi connectivity index (χ1) is 10.5. The highest BCUT2D eigenvalue weighted by Gasteiger charge is 2.47. The monoisotopic (exact) mass is 304 g/mol. The highest BCUT2D eigenvalue weighted by atomic mass is 16.5. The number of methoxy groups -OCH3 is 1. The third-order valence-electron chi connectivity index (χ3n) is 5.03. The van der Waals surface area contributed by atoms with Gasteiger partial charge in [-0.25, -0.2) is 0 Å². The van der Waals surface area contributed by atoms with Gasteiger partial charge in [-0.2, -0.15) is 0 Å². The number of carbonyl (C=O) groups is 1. The number of carbonyl (C=O) groups excluding carboxylic acids is 1. The van der Waals surface area contributed by atoms with E-state index in [0.29, 0.717) is 11.8 Å². The van der Waals surface area contributed by atoms with E-state index in [-0.39, 0.29) is 12.0 Å². The maximum Gasteiger partial charge on any atom is 0.254 e. The molecule has 2 fully saturated rings. The molecule has 0 radical (unpaired) electrons. The first-order valence-corrected chi connectivity index (χ1v) is 7.92. The molecule has 5 nitrogen and oxygen atoms in total. The molecule has 2 aliphatic rings. The van der Waals surface area contributed by atoms with Gasteiger partial charge in [0.2, 0.25) is 0 Å². The fourth-order valence-corrected chi connectivity index (χ4v) is 3.59. The molecule has 1 aliphatic heterocycles. The van der Waals surface area contributed by atoms with E-state index in [1.54, 1.807) is 19.5 Å². The number of pyridine rings is 1. The van der Waals surface area contributed by atoms with Crippen molar-refractivity contribution < 1.29 is 14.3 Å². The highest BCUT2D eigenvalue weighted by Crippen LogP contribution is 2.40. The lowest BCUT2D eigenvalue weighted by molar-refractivity contribution is -0.150. The van der Waals surface area contributed by atoms with Crippen molar-refractivity contribution in [2.24, 2.45) is 11.8 Å². The van der Waals surface area contributed by atoms with E-state index < -0.39 is 5.60 Å². The first kappa shape index (κ1) is 15.3. The van der Waals surface area contributed by atoms with Gasteiger partial charge in [0.15, 0.2) is 0 Å². The fourth-order valence-electron chi connectivity index (χ4n) is 3.59. The fraction of sp³-hybridized carbons (Fsp3) is 0.647. The van der Waals surface area contributed by atoms with Crippen LogP contribution in [0, 0.1) is 11.8 Å². The number of ether oxygens (including phenoxy) is 2. The van der Waals surface area contributed by atoms with Crippen molar-refractivity contribution in [2.45, 2.75) is 38.4 Å². The SMILES string of the molecule is COC(C)(C)C(=O)N1C[C@H]2CC[C@@H](Oc3cccnc3)[C@H]2C1. The van der Waals surface area contributed by atoms with Gasteiger partial charge >= 0.3 is 0 Å². The standard InChI is InChI=1S/C17H24N2O3/c1-17(2,21-3)16(20)19-10-12-6-7-15(14(12)11-19)22-13-5-4-8-18-9-13/h4-5,8-9,12,14-15H,6-7,10-11H2,1-3H3/t12-,14+,15-/m1/s1. The largest absolute Gasteiger partial charge is 0.488 e. The van der Waals surface area contributed by atoms with Gasteiger partial charge in [0.1, 0.15) is 17.5 Å². The van der Waals surface area contributed by atoms with Gasteiger partial charge < -0.3 is 14.4 Å². The Labute approximate surface area is 131 Å². The minimum atomic E-state index is -0.752. The summed E-state index contributed by atoms with van der Waals surface area (Å²) in [4.78, 5) is 18.6. The molecule has 0 unspecified atom stereocenters. The van der Waals surface area contributed by atoms with Crippen LogP contribution in [-0.4, -0.2) is 47.7 Å². The number of aromatic nitrogens is 1. The molecule has 1 saturated carbocycles. The van der Waals surface area contributed by atoms with Crippen LogP contribution >= 0.6 is 0 Å². The molecule has 0 aromatic carbocycles. The lowest BCUT2D eigenvalue weighted by Crippen LogP contribution is -2.46. The van der Waals surface area contributed by atoms with Crippen LogP contribution in [0.2, 0.25) is 0 Å². The Kier molecular flexibility index (Phi) is 4.08. The second-order valence-electron chi connectivity index (χ2n) is 6.77. The molecule has 3 atom stereocenters. The second-order valence-corrected chi connectivity index (χ2v) is 6.77. The van der Waals surface area contributed by atoms with Crippen molar-refractivity contribution in [3.8, 4) is 5.75 Å². The van der Waals surface area contributed by atoms with E-state index in [1.165, 1.54) is 0 Å². The van der Waals surface area contributed by atoms with Crippen LogP contribution in [0.3, 0.4) is 0 Å². The quantitative estimate of drug-likeness (QED) is 0.855. The predicted molar refractivity (Wildman–Crippen MR) is 82.5 cm³/mol. The normalized spacial score (nSPS) is 27.8. The Morgan fingerprint density at radius 1 is 1.36 bits per heavy atom. The molecule has 22 heavy (non-hydrogen) atoms. The molecule has 2 heterocycles. The molecule has 3 rings (SSSR count). The van der Waals surface area contributed by atoms with Crippen LogP contribution in [0.1, 0.15) is 26.7 Å².